The third kappa shape index (κ3) is 6.86. The highest BCUT2D eigenvalue weighted by molar-refractivity contribution is 6.30. The number of aromatic nitrogens is 2. The molecule has 1 aliphatic carbocycles. The van der Waals surface area contributed by atoms with Crippen LogP contribution < -0.4 is 0 Å². The van der Waals surface area contributed by atoms with Crippen LogP contribution in [0.25, 0.3) is 5.69 Å². The highest BCUT2D eigenvalue weighted by atomic mass is 35.5. The Hall–Kier alpha value is -2.79. The van der Waals surface area contributed by atoms with Gasteiger partial charge < -0.3 is 9.84 Å². The fourth-order valence-electron chi connectivity index (χ4n) is 3.62. The van der Waals surface area contributed by atoms with Gasteiger partial charge in [-0.05, 0) is 81.0 Å². The van der Waals surface area contributed by atoms with E-state index < -0.39 is 5.97 Å². The lowest BCUT2D eigenvalue weighted by molar-refractivity contribution is -0.136. The number of carbonyl (C=O) groups is 1. The highest BCUT2D eigenvalue weighted by Gasteiger charge is 2.12. The van der Waals surface area contributed by atoms with Crippen molar-refractivity contribution in [1.29, 1.82) is 0 Å². The predicted octanol–water partition coefficient (Wildman–Crippen LogP) is 6.55. The second-order valence-electron chi connectivity index (χ2n) is 7.87. The molecule has 0 bridgehead atoms. The van der Waals surface area contributed by atoms with Gasteiger partial charge in [0.1, 0.15) is 12.4 Å². The zero-order chi connectivity index (χ0) is 22.2. The Morgan fingerprint density at radius 1 is 1.19 bits per heavy atom. The van der Waals surface area contributed by atoms with Gasteiger partial charge in [0.15, 0.2) is 0 Å². The number of nitrogens with zero attached hydrogens (tertiary/aromatic N) is 2. The normalized spacial score (nSPS) is 16.9. The third-order valence-electron chi connectivity index (χ3n) is 5.31. The topological polar surface area (TPSA) is 64.3 Å². The summed E-state index contributed by atoms with van der Waals surface area (Å²) in [6, 6.07) is 9.54. The first-order valence-corrected chi connectivity index (χ1v) is 11.0. The molecule has 31 heavy (non-hydrogen) atoms. The Morgan fingerprint density at radius 3 is 2.68 bits per heavy atom. The average molecular weight is 441 g/mol. The Balaban J connectivity index is 1.80. The lowest BCUT2D eigenvalue weighted by atomic mass is 9.98. The molecule has 0 amide bonds. The van der Waals surface area contributed by atoms with Crippen LogP contribution in [0, 0.1) is 6.92 Å². The summed E-state index contributed by atoms with van der Waals surface area (Å²) in [4.78, 5) is 11.0. The molecule has 1 aromatic carbocycles. The lowest BCUT2D eigenvalue weighted by Gasteiger charge is -2.16. The number of benzene rings is 1. The van der Waals surface area contributed by atoms with Crippen LogP contribution in [0.2, 0.25) is 5.02 Å². The van der Waals surface area contributed by atoms with Gasteiger partial charge in [-0.2, -0.15) is 5.10 Å². The number of hydrogen-bond donors (Lipinski definition) is 1. The van der Waals surface area contributed by atoms with Crippen molar-refractivity contribution in [2.75, 3.05) is 0 Å². The minimum Gasteiger partial charge on any atom is -0.487 e. The molecule has 0 saturated carbocycles. The molecule has 5 nitrogen and oxygen atoms in total. The average Bonchev–Trinajstić information content (AvgIpc) is 3.11. The first kappa shape index (κ1) is 22.9. The molecule has 0 saturated heterocycles. The van der Waals surface area contributed by atoms with Crippen LogP contribution in [0.1, 0.15) is 56.3 Å². The van der Waals surface area contributed by atoms with E-state index in [0.29, 0.717) is 18.1 Å². The maximum atomic E-state index is 11.0. The first-order valence-electron chi connectivity index (χ1n) is 10.7. The molecule has 1 aromatic heterocycles. The molecule has 0 fully saturated rings. The molecular formula is C25H29ClN2O3. The second kappa shape index (κ2) is 11.0. The summed E-state index contributed by atoms with van der Waals surface area (Å²) >= 11 is 6.02. The van der Waals surface area contributed by atoms with Crippen LogP contribution >= 0.6 is 11.6 Å². The van der Waals surface area contributed by atoms with Crippen molar-refractivity contribution in [3.05, 3.63) is 82.4 Å². The van der Waals surface area contributed by atoms with Crippen LogP contribution in [0.4, 0.5) is 0 Å². The van der Waals surface area contributed by atoms with E-state index in [2.05, 4.69) is 11.7 Å². The lowest BCUT2D eigenvalue weighted by Crippen LogP contribution is -2.05. The van der Waals surface area contributed by atoms with Gasteiger partial charge in [-0.15, -0.1) is 0 Å². The molecule has 0 aliphatic heterocycles. The van der Waals surface area contributed by atoms with E-state index in [1.807, 2.05) is 54.1 Å². The van der Waals surface area contributed by atoms with Crippen LogP contribution in [0.3, 0.4) is 0 Å². The smallest absolute Gasteiger partial charge is 0.303 e. The van der Waals surface area contributed by atoms with Gasteiger partial charge in [0, 0.05) is 11.4 Å². The van der Waals surface area contributed by atoms with Crippen molar-refractivity contribution in [2.24, 2.45) is 0 Å². The summed E-state index contributed by atoms with van der Waals surface area (Å²) in [5, 5.41) is 14.3. The van der Waals surface area contributed by atoms with Crippen LogP contribution in [0.5, 0.6) is 0 Å². The first-order chi connectivity index (χ1) is 14.9. The summed E-state index contributed by atoms with van der Waals surface area (Å²) in [5.41, 5.74) is 4.86. The monoisotopic (exact) mass is 440 g/mol. The molecule has 0 radical (unpaired) electrons. The maximum absolute atomic E-state index is 11.0. The van der Waals surface area contributed by atoms with Crippen molar-refractivity contribution in [3.63, 3.8) is 0 Å². The predicted molar refractivity (Wildman–Crippen MR) is 123 cm³/mol. The van der Waals surface area contributed by atoms with Crippen LogP contribution in [-0.4, -0.2) is 20.9 Å². The number of aliphatic carboxylic acids is 1. The Labute approximate surface area is 188 Å². The van der Waals surface area contributed by atoms with Crippen LogP contribution in [-0.2, 0) is 16.1 Å². The van der Waals surface area contributed by atoms with E-state index >= 15 is 0 Å². The largest absolute Gasteiger partial charge is 0.487 e. The molecule has 0 unspecified atom stereocenters. The molecule has 1 heterocycles. The summed E-state index contributed by atoms with van der Waals surface area (Å²) in [6.45, 7) is 6.53. The van der Waals surface area contributed by atoms with Crippen molar-refractivity contribution < 1.29 is 14.6 Å². The minimum atomic E-state index is -0.770. The van der Waals surface area contributed by atoms with Gasteiger partial charge in [0.2, 0.25) is 0 Å². The summed E-state index contributed by atoms with van der Waals surface area (Å²) in [5.74, 6) is -0.0232. The standard InChI is InChI=1S/C25H29ClN2O3/c1-18-6-4-3-5-7-20(9-15-25(29)30)8-14-24(18)31-17-23-16-19(2)27-28(23)22-12-10-21(26)11-13-22/h8,10-14,16H,1,3-7,9,15,17H2,2H3,(H,29,30)/b20-8+,24-14?. The van der Waals surface area contributed by atoms with E-state index in [1.54, 1.807) is 0 Å². The number of allylic oxidation sites excluding steroid dienone is 4. The van der Waals surface area contributed by atoms with Crippen molar-refractivity contribution in [2.45, 2.75) is 58.5 Å². The van der Waals surface area contributed by atoms with E-state index in [-0.39, 0.29) is 6.42 Å². The Morgan fingerprint density at radius 2 is 1.94 bits per heavy atom. The number of aryl methyl sites for hydroxylation is 1. The molecule has 3 rings (SSSR count). The van der Waals surface area contributed by atoms with Gasteiger partial charge in [-0.25, -0.2) is 4.68 Å². The zero-order valence-electron chi connectivity index (χ0n) is 17.9. The van der Waals surface area contributed by atoms with Crippen LogP contribution in [0.15, 0.2) is 66.0 Å². The van der Waals surface area contributed by atoms with Crippen molar-refractivity contribution >= 4 is 17.6 Å². The second-order valence-corrected chi connectivity index (χ2v) is 8.30. The van der Waals surface area contributed by atoms with E-state index in [9.17, 15) is 4.79 Å². The number of rotatable bonds is 7. The molecule has 164 valence electrons. The third-order valence-corrected chi connectivity index (χ3v) is 5.56. The van der Waals surface area contributed by atoms with Gasteiger partial charge in [0.05, 0.1) is 17.1 Å². The van der Waals surface area contributed by atoms with Gasteiger partial charge >= 0.3 is 5.97 Å². The summed E-state index contributed by atoms with van der Waals surface area (Å²) < 4.78 is 8.06. The van der Waals surface area contributed by atoms with Gasteiger partial charge in [-0.1, -0.05) is 36.2 Å². The Kier molecular flexibility index (Phi) is 8.13. The van der Waals surface area contributed by atoms with Gasteiger partial charge in [0.25, 0.3) is 0 Å². The van der Waals surface area contributed by atoms with Crippen molar-refractivity contribution in [1.82, 2.24) is 9.78 Å². The summed E-state index contributed by atoms with van der Waals surface area (Å²) in [6.07, 6.45) is 9.70. The highest BCUT2D eigenvalue weighted by Crippen LogP contribution is 2.25. The quantitative estimate of drug-likeness (QED) is 0.530. The Bertz CT molecular complexity index is 987. The van der Waals surface area contributed by atoms with E-state index in [1.165, 1.54) is 0 Å². The fraction of sp³-hybridized carbons (Fsp3) is 0.360. The number of hydrogen-bond acceptors (Lipinski definition) is 3. The molecule has 1 N–H and O–H groups in total. The number of ether oxygens (including phenoxy) is 1. The summed E-state index contributed by atoms with van der Waals surface area (Å²) in [7, 11) is 0. The number of halogens is 1. The molecule has 0 atom stereocenters. The zero-order valence-corrected chi connectivity index (χ0v) is 18.7. The molecule has 6 heteroatoms. The molecule has 1 aliphatic rings. The maximum Gasteiger partial charge on any atom is 0.303 e. The van der Waals surface area contributed by atoms with E-state index in [0.717, 1.165) is 66.1 Å². The number of carboxylic acid groups (broad SMARTS) is 1. The molecule has 2 aromatic rings. The molecular weight excluding hydrogens is 412 g/mol. The molecule has 0 spiro atoms. The van der Waals surface area contributed by atoms with E-state index in [4.69, 9.17) is 21.4 Å². The van der Waals surface area contributed by atoms with Gasteiger partial charge in [-0.3, -0.25) is 4.79 Å². The number of carboxylic acids is 1. The fourth-order valence-corrected chi connectivity index (χ4v) is 3.75. The minimum absolute atomic E-state index is 0.149. The van der Waals surface area contributed by atoms with Crippen molar-refractivity contribution in [3.8, 4) is 5.69 Å². The SMILES string of the molecule is C=C1CCCCC/C(CCC(=O)O)=C\C=C1OCc1cc(C)nn1-c1ccc(Cl)cc1.